The van der Waals surface area contributed by atoms with Crippen molar-refractivity contribution in [1.82, 2.24) is 5.32 Å². The molecule has 0 aromatic heterocycles. The van der Waals surface area contributed by atoms with Crippen LogP contribution in [-0.2, 0) is 20.9 Å². The number of aliphatic carboxylic acids is 1. The Kier molecular flexibility index (Phi) is 4.86. The van der Waals surface area contributed by atoms with Gasteiger partial charge in [0.05, 0.1) is 12.7 Å². The molecular weight excluding hydrogens is 238 g/mol. The van der Waals surface area contributed by atoms with E-state index in [9.17, 15) is 14.4 Å². The van der Waals surface area contributed by atoms with E-state index in [-0.39, 0.29) is 6.54 Å². The van der Waals surface area contributed by atoms with Crippen LogP contribution in [0.3, 0.4) is 0 Å². The number of carbonyl (C=O) groups is 3. The van der Waals surface area contributed by atoms with Gasteiger partial charge in [0.15, 0.2) is 0 Å². The Labute approximate surface area is 104 Å². The van der Waals surface area contributed by atoms with E-state index in [0.29, 0.717) is 5.56 Å². The number of nitrogens with one attached hydrogen (secondary N) is 1. The van der Waals surface area contributed by atoms with E-state index in [1.165, 1.54) is 7.11 Å². The molecule has 0 heterocycles. The van der Waals surface area contributed by atoms with Crippen molar-refractivity contribution in [3.05, 3.63) is 35.4 Å². The van der Waals surface area contributed by atoms with Crippen LogP contribution in [-0.4, -0.2) is 30.1 Å². The van der Waals surface area contributed by atoms with Gasteiger partial charge in [0.1, 0.15) is 6.42 Å². The van der Waals surface area contributed by atoms with Crippen LogP contribution >= 0.6 is 0 Å². The van der Waals surface area contributed by atoms with Gasteiger partial charge in [-0.05, 0) is 17.7 Å². The van der Waals surface area contributed by atoms with Gasteiger partial charge in [-0.25, -0.2) is 4.79 Å². The molecule has 6 heteroatoms. The number of rotatable bonds is 5. The van der Waals surface area contributed by atoms with Gasteiger partial charge in [-0.2, -0.15) is 0 Å². The second kappa shape index (κ2) is 6.39. The molecule has 0 spiro atoms. The fourth-order valence-corrected chi connectivity index (χ4v) is 1.28. The van der Waals surface area contributed by atoms with E-state index in [1.54, 1.807) is 24.3 Å². The molecule has 0 saturated carbocycles. The Bertz CT molecular complexity index is 452. The summed E-state index contributed by atoms with van der Waals surface area (Å²) in [5.74, 6) is -2.16. The molecule has 0 atom stereocenters. The zero-order valence-electron chi connectivity index (χ0n) is 9.80. The molecule has 0 aliphatic carbocycles. The van der Waals surface area contributed by atoms with Gasteiger partial charge in [0.25, 0.3) is 0 Å². The predicted octanol–water partition coefficient (Wildman–Crippen LogP) is 0.564. The van der Waals surface area contributed by atoms with Crippen LogP contribution in [0.5, 0.6) is 0 Å². The summed E-state index contributed by atoms with van der Waals surface area (Å²) in [6, 6.07) is 6.47. The van der Waals surface area contributed by atoms with Crippen molar-refractivity contribution >= 4 is 17.8 Å². The van der Waals surface area contributed by atoms with Crippen molar-refractivity contribution in [3.8, 4) is 0 Å². The number of carboxylic acid groups (broad SMARTS) is 1. The van der Waals surface area contributed by atoms with Crippen LogP contribution in [0, 0.1) is 0 Å². The molecule has 0 aliphatic heterocycles. The van der Waals surface area contributed by atoms with E-state index in [4.69, 9.17) is 5.11 Å². The molecule has 96 valence electrons. The second-order valence-electron chi connectivity index (χ2n) is 3.54. The van der Waals surface area contributed by atoms with E-state index < -0.39 is 24.3 Å². The fourth-order valence-electron chi connectivity index (χ4n) is 1.28. The number of hydrogen-bond donors (Lipinski definition) is 2. The monoisotopic (exact) mass is 251 g/mol. The molecular formula is C12H13NO5. The fraction of sp³-hybridized carbons (Fsp3) is 0.250. The third-order valence-electron chi connectivity index (χ3n) is 2.18. The van der Waals surface area contributed by atoms with Crippen molar-refractivity contribution in [2.75, 3.05) is 7.11 Å². The largest absolute Gasteiger partial charge is 0.481 e. The number of carboxylic acids is 1. The summed E-state index contributed by atoms with van der Waals surface area (Å²) in [4.78, 5) is 32.5. The normalized spacial score (nSPS) is 9.61. The number of benzene rings is 1. The molecule has 1 amide bonds. The van der Waals surface area contributed by atoms with Gasteiger partial charge in [-0.15, -0.1) is 0 Å². The summed E-state index contributed by atoms with van der Waals surface area (Å²) in [5, 5.41) is 10.9. The topological polar surface area (TPSA) is 92.7 Å². The third-order valence-corrected chi connectivity index (χ3v) is 2.18. The molecule has 1 aromatic rings. The molecule has 0 aliphatic rings. The molecule has 1 aromatic carbocycles. The van der Waals surface area contributed by atoms with Crippen molar-refractivity contribution in [2.45, 2.75) is 13.0 Å². The first-order chi connectivity index (χ1) is 8.52. The van der Waals surface area contributed by atoms with Crippen molar-refractivity contribution in [3.63, 3.8) is 0 Å². The Morgan fingerprint density at radius 1 is 1.22 bits per heavy atom. The average molecular weight is 251 g/mol. The minimum atomic E-state index is -1.17. The highest BCUT2D eigenvalue weighted by Gasteiger charge is 2.07. The Morgan fingerprint density at radius 2 is 1.83 bits per heavy atom. The molecule has 6 nitrogen and oxygen atoms in total. The van der Waals surface area contributed by atoms with Crippen molar-refractivity contribution in [2.24, 2.45) is 0 Å². The maximum absolute atomic E-state index is 11.2. The summed E-state index contributed by atoms with van der Waals surface area (Å²) in [5.41, 5.74) is 1.18. The lowest BCUT2D eigenvalue weighted by Crippen LogP contribution is -2.25. The van der Waals surface area contributed by atoms with E-state index in [0.717, 1.165) is 5.56 Å². The van der Waals surface area contributed by atoms with Crippen LogP contribution < -0.4 is 5.32 Å². The van der Waals surface area contributed by atoms with Gasteiger partial charge in [-0.3, -0.25) is 9.59 Å². The number of carbonyl (C=O) groups excluding carboxylic acids is 2. The molecule has 0 fully saturated rings. The predicted molar refractivity (Wildman–Crippen MR) is 61.9 cm³/mol. The zero-order chi connectivity index (χ0) is 13.5. The maximum Gasteiger partial charge on any atom is 0.337 e. The lowest BCUT2D eigenvalue weighted by Gasteiger charge is -2.04. The van der Waals surface area contributed by atoms with Gasteiger partial charge >= 0.3 is 11.9 Å². The summed E-state index contributed by atoms with van der Waals surface area (Å²) >= 11 is 0. The average Bonchev–Trinajstić information content (AvgIpc) is 2.35. The lowest BCUT2D eigenvalue weighted by molar-refractivity contribution is -0.140. The highest BCUT2D eigenvalue weighted by molar-refractivity contribution is 5.93. The van der Waals surface area contributed by atoms with Gasteiger partial charge < -0.3 is 15.2 Å². The minimum Gasteiger partial charge on any atom is -0.481 e. The van der Waals surface area contributed by atoms with Gasteiger partial charge in [0.2, 0.25) is 5.91 Å². The molecule has 0 radical (unpaired) electrons. The SMILES string of the molecule is COC(=O)c1ccc(CNC(=O)CC(=O)O)cc1. The van der Waals surface area contributed by atoms with Crippen LogP contribution in [0.2, 0.25) is 0 Å². The highest BCUT2D eigenvalue weighted by atomic mass is 16.5. The Balaban J connectivity index is 2.51. The van der Waals surface area contributed by atoms with Gasteiger partial charge in [0, 0.05) is 6.54 Å². The summed E-state index contributed by atoms with van der Waals surface area (Å²) in [6.45, 7) is 0.216. The standard InChI is InChI=1S/C12H13NO5/c1-18-12(17)9-4-2-8(3-5-9)7-13-10(14)6-11(15)16/h2-5H,6-7H2,1H3,(H,13,14)(H,15,16). The molecule has 18 heavy (non-hydrogen) atoms. The van der Waals surface area contributed by atoms with Crippen LogP contribution in [0.4, 0.5) is 0 Å². The smallest absolute Gasteiger partial charge is 0.337 e. The third kappa shape index (κ3) is 4.25. The van der Waals surface area contributed by atoms with E-state index >= 15 is 0 Å². The molecule has 0 unspecified atom stereocenters. The zero-order valence-corrected chi connectivity index (χ0v) is 9.80. The van der Waals surface area contributed by atoms with Crippen LogP contribution in [0.25, 0.3) is 0 Å². The number of ether oxygens (including phenoxy) is 1. The molecule has 1 rings (SSSR count). The van der Waals surface area contributed by atoms with E-state index in [1.807, 2.05) is 0 Å². The molecule has 0 bridgehead atoms. The Morgan fingerprint density at radius 3 is 2.33 bits per heavy atom. The number of hydrogen-bond acceptors (Lipinski definition) is 4. The lowest BCUT2D eigenvalue weighted by atomic mass is 10.1. The van der Waals surface area contributed by atoms with Crippen LogP contribution in [0.15, 0.2) is 24.3 Å². The van der Waals surface area contributed by atoms with Crippen molar-refractivity contribution < 1.29 is 24.2 Å². The van der Waals surface area contributed by atoms with Gasteiger partial charge in [-0.1, -0.05) is 12.1 Å². The summed E-state index contributed by atoms with van der Waals surface area (Å²) in [6.07, 6.45) is -0.555. The molecule has 0 saturated heterocycles. The first-order valence-electron chi connectivity index (χ1n) is 5.18. The molecule has 2 N–H and O–H groups in total. The first-order valence-corrected chi connectivity index (χ1v) is 5.18. The summed E-state index contributed by atoms with van der Waals surface area (Å²) < 4.78 is 4.54. The second-order valence-corrected chi connectivity index (χ2v) is 3.54. The van der Waals surface area contributed by atoms with Crippen molar-refractivity contribution in [1.29, 1.82) is 0 Å². The Hall–Kier alpha value is -2.37. The first kappa shape index (κ1) is 13.7. The number of amides is 1. The van der Waals surface area contributed by atoms with E-state index in [2.05, 4.69) is 10.1 Å². The quantitative estimate of drug-likeness (QED) is 0.589. The number of methoxy groups -OCH3 is 1. The highest BCUT2D eigenvalue weighted by Crippen LogP contribution is 2.05. The summed E-state index contributed by atoms with van der Waals surface area (Å²) in [7, 11) is 1.29. The number of esters is 1. The van der Waals surface area contributed by atoms with Crippen LogP contribution in [0.1, 0.15) is 22.3 Å². The minimum absolute atomic E-state index is 0.216. The maximum atomic E-state index is 11.2.